The minimum absolute atomic E-state index is 0.134. The second kappa shape index (κ2) is 7.54. The van der Waals surface area contributed by atoms with Crippen molar-refractivity contribution in [3.05, 3.63) is 0 Å². The second-order valence-electron chi connectivity index (χ2n) is 2.74. The molecule has 78 valence electrons. The summed E-state index contributed by atoms with van der Waals surface area (Å²) in [5.41, 5.74) is 0. The van der Waals surface area contributed by atoms with Crippen molar-refractivity contribution in [3.63, 3.8) is 0 Å². The Balaban J connectivity index is 0. The molecule has 0 aromatic heterocycles. The fourth-order valence-electron chi connectivity index (χ4n) is 0.341. The average Bonchev–Trinajstić information content (AvgIpc) is 2.03. The summed E-state index contributed by atoms with van der Waals surface area (Å²) in [5, 5.41) is 23.6. The summed E-state index contributed by atoms with van der Waals surface area (Å²) < 4.78 is 0. The van der Waals surface area contributed by atoms with Crippen LogP contribution in [0.2, 0.25) is 0 Å². The normalized spacial score (nSPS) is 13.5. The summed E-state index contributed by atoms with van der Waals surface area (Å²) in [6.45, 7) is 5.95. The smallest absolute Gasteiger partial charge is 0.414 e. The number of hydrogen-bond acceptors (Lipinski definition) is 3. The molecule has 0 saturated carbocycles. The van der Waals surface area contributed by atoms with Crippen LogP contribution in [0, 0.1) is 5.92 Å². The molecule has 2 unspecified atom stereocenters. The van der Waals surface area contributed by atoms with Crippen LogP contribution in [0.1, 0.15) is 27.2 Å². The molecule has 0 aromatic rings. The van der Waals surface area contributed by atoms with E-state index in [9.17, 15) is 0 Å². The van der Waals surface area contributed by atoms with Crippen molar-refractivity contribution in [1.82, 2.24) is 0 Å². The van der Waals surface area contributed by atoms with Crippen LogP contribution in [-0.2, 0) is 9.59 Å². The molecule has 0 bridgehead atoms. The second-order valence-corrected chi connectivity index (χ2v) is 2.74. The molecule has 0 spiro atoms. The maximum Gasteiger partial charge on any atom is 0.414 e. The number of carboxylic acid groups (broad SMARTS) is 2. The van der Waals surface area contributed by atoms with E-state index >= 15 is 0 Å². The first-order chi connectivity index (χ1) is 5.82. The van der Waals surface area contributed by atoms with E-state index in [1.165, 1.54) is 0 Å². The summed E-state index contributed by atoms with van der Waals surface area (Å²) in [6.07, 6.45) is 0.933. The predicted octanol–water partition coefficient (Wildman–Crippen LogP) is 0.569. The largest absolute Gasteiger partial charge is 0.473 e. The van der Waals surface area contributed by atoms with Crippen LogP contribution in [0.25, 0.3) is 0 Å². The number of aliphatic carboxylic acids is 2. The van der Waals surface area contributed by atoms with E-state index in [-0.39, 0.29) is 6.10 Å². The molecule has 0 rings (SSSR count). The van der Waals surface area contributed by atoms with Gasteiger partial charge in [-0.1, -0.05) is 20.3 Å². The molecule has 0 aliphatic carbocycles. The number of aliphatic hydroxyl groups excluding tert-OH is 1. The first-order valence-electron chi connectivity index (χ1n) is 3.97. The van der Waals surface area contributed by atoms with Crippen molar-refractivity contribution < 1.29 is 24.9 Å². The Morgan fingerprint density at radius 2 is 1.46 bits per heavy atom. The van der Waals surface area contributed by atoms with Gasteiger partial charge in [0.25, 0.3) is 0 Å². The Bertz CT molecular complexity index is 152. The van der Waals surface area contributed by atoms with Crippen molar-refractivity contribution in [1.29, 1.82) is 0 Å². The topological polar surface area (TPSA) is 94.8 Å². The van der Waals surface area contributed by atoms with Gasteiger partial charge in [0.05, 0.1) is 6.10 Å². The SMILES string of the molecule is CCC(C)C(C)O.O=C(O)C(=O)O. The van der Waals surface area contributed by atoms with Gasteiger partial charge < -0.3 is 15.3 Å². The van der Waals surface area contributed by atoms with Crippen LogP contribution < -0.4 is 0 Å². The van der Waals surface area contributed by atoms with Gasteiger partial charge in [0.1, 0.15) is 0 Å². The van der Waals surface area contributed by atoms with E-state index in [0.717, 1.165) is 6.42 Å². The van der Waals surface area contributed by atoms with E-state index in [0.29, 0.717) is 5.92 Å². The third-order valence-electron chi connectivity index (χ3n) is 1.65. The lowest BCUT2D eigenvalue weighted by atomic mass is 10.0. The fourth-order valence-corrected chi connectivity index (χ4v) is 0.341. The first-order valence-corrected chi connectivity index (χ1v) is 3.97. The monoisotopic (exact) mass is 192 g/mol. The molecule has 0 aliphatic heterocycles. The van der Waals surface area contributed by atoms with Gasteiger partial charge in [0.15, 0.2) is 0 Å². The molecule has 2 atom stereocenters. The lowest BCUT2D eigenvalue weighted by Crippen LogP contribution is -2.10. The third-order valence-corrected chi connectivity index (χ3v) is 1.65. The van der Waals surface area contributed by atoms with Crippen LogP contribution in [0.5, 0.6) is 0 Å². The number of hydrogen-bond donors (Lipinski definition) is 3. The minimum atomic E-state index is -1.82. The molecule has 0 fully saturated rings. The minimum Gasteiger partial charge on any atom is -0.473 e. The van der Waals surface area contributed by atoms with Gasteiger partial charge in [-0.2, -0.15) is 0 Å². The van der Waals surface area contributed by atoms with Crippen molar-refractivity contribution in [2.45, 2.75) is 33.3 Å². The summed E-state index contributed by atoms with van der Waals surface area (Å²) in [6, 6.07) is 0. The zero-order valence-electron chi connectivity index (χ0n) is 8.02. The van der Waals surface area contributed by atoms with Gasteiger partial charge in [-0.25, -0.2) is 9.59 Å². The summed E-state index contributed by atoms with van der Waals surface area (Å²) in [7, 11) is 0. The zero-order chi connectivity index (χ0) is 11.0. The van der Waals surface area contributed by atoms with Crippen molar-refractivity contribution in [2.24, 2.45) is 5.92 Å². The molecule has 0 radical (unpaired) electrons. The molecular weight excluding hydrogens is 176 g/mol. The Morgan fingerprint density at radius 3 is 1.46 bits per heavy atom. The highest BCUT2D eigenvalue weighted by Crippen LogP contribution is 2.04. The van der Waals surface area contributed by atoms with Gasteiger partial charge in [-0.05, 0) is 12.8 Å². The van der Waals surface area contributed by atoms with Crippen molar-refractivity contribution in [3.8, 4) is 0 Å². The van der Waals surface area contributed by atoms with Crippen LogP contribution in [0.4, 0.5) is 0 Å². The molecule has 0 amide bonds. The Morgan fingerprint density at radius 1 is 1.15 bits per heavy atom. The lowest BCUT2D eigenvalue weighted by molar-refractivity contribution is -0.159. The van der Waals surface area contributed by atoms with E-state index in [1.54, 1.807) is 0 Å². The number of carboxylic acids is 2. The quantitative estimate of drug-likeness (QED) is 0.556. The Kier molecular flexibility index (Phi) is 8.37. The highest BCUT2D eigenvalue weighted by atomic mass is 16.4. The Labute approximate surface area is 77.0 Å². The summed E-state index contributed by atoms with van der Waals surface area (Å²) in [4.78, 5) is 18.2. The van der Waals surface area contributed by atoms with Gasteiger partial charge in [0, 0.05) is 0 Å². The van der Waals surface area contributed by atoms with Crippen LogP contribution in [0.3, 0.4) is 0 Å². The molecule has 0 saturated heterocycles. The summed E-state index contributed by atoms with van der Waals surface area (Å²) >= 11 is 0. The van der Waals surface area contributed by atoms with Crippen LogP contribution >= 0.6 is 0 Å². The molecule has 5 nitrogen and oxygen atoms in total. The van der Waals surface area contributed by atoms with Crippen molar-refractivity contribution in [2.75, 3.05) is 0 Å². The van der Waals surface area contributed by atoms with Gasteiger partial charge in [-0.3, -0.25) is 0 Å². The van der Waals surface area contributed by atoms with E-state index in [1.807, 2.05) is 13.8 Å². The van der Waals surface area contributed by atoms with Crippen LogP contribution in [0.15, 0.2) is 0 Å². The molecular formula is C8H16O5. The maximum absolute atomic E-state index is 9.10. The van der Waals surface area contributed by atoms with Gasteiger partial charge in [0.2, 0.25) is 0 Å². The zero-order valence-corrected chi connectivity index (χ0v) is 8.02. The third kappa shape index (κ3) is 10.9. The first kappa shape index (κ1) is 14.4. The standard InChI is InChI=1S/C6H14O.C2H2O4/c1-4-5(2)6(3)7;3-1(4)2(5)6/h5-7H,4H2,1-3H3;(H,3,4)(H,5,6). The number of carbonyl (C=O) groups is 2. The molecule has 0 aromatic carbocycles. The van der Waals surface area contributed by atoms with Gasteiger partial charge >= 0.3 is 11.9 Å². The molecule has 5 heteroatoms. The predicted molar refractivity (Wildman–Crippen MR) is 46.4 cm³/mol. The van der Waals surface area contributed by atoms with Crippen LogP contribution in [-0.4, -0.2) is 33.4 Å². The van der Waals surface area contributed by atoms with Crippen molar-refractivity contribution >= 4 is 11.9 Å². The average molecular weight is 192 g/mol. The highest BCUT2D eigenvalue weighted by molar-refractivity contribution is 6.27. The fraction of sp³-hybridized carbons (Fsp3) is 0.750. The highest BCUT2D eigenvalue weighted by Gasteiger charge is 2.04. The molecule has 3 N–H and O–H groups in total. The number of rotatable bonds is 2. The number of aliphatic hydroxyl groups is 1. The van der Waals surface area contributed by atoms with Gasteiger partial charge in [-0.15, -0.1) is 0 Å². The van der Waals surface area contributed by atoms with E-state index < -0.39 is 11.9 Å². The molecule has 0 heterocycles. The molecule has 13 heavy (non-hydrogen) atoms. The summed E-state index contributed by atoms with van der Waals surface area (Å²) in [5.74, 6) is -3.19. The van der Waals surface area contributed by atoms with E-state index in [2.05, 4.69) is 6.92 Å². The van der Waals surface area contributed by atoms with E-state index in [4.69, 9.17) is 24.9 Å². The maximum atomic E-state index is 9.10. The Hall–Kier alpha value is -1.10. The lowest BCUT2D eigenvalue weighted by Gasteiger charge is -2.09. The molecule has 0 aliphatic rings.